The van der Waals surface area contributed by atoms with Crippen LogP contribution in [0.15, 0.2) is 107 Å². The number of hydrogen-bond acceptors (Lipinski definition) is 12. The van der Waals surface area contributed by atoms with Gasteiger partial charge >= 0.3 is 11.9 Å². The molecule has 0 aliphatic heterocycles. The predicted molar refractivity (Wildman–Crippen MR) is 216 cm³/mol. The Bertz CT molecular complexity index is 2780. The van der Waals surface area contributed by atoms with Gasteiger partial charge < -0.3 is 18.9 Å². The van der Waals surface area contributed by atoms with Crippen molar-refractivity contribution in [1.82, 2.24) is 18.6 Å². The molecule has 2 heterocycles. The van der Waals surface area contributed by atoms with Gasteiger partial charge in [0.1, 0.15) is 46.3 Å². The summed E-state index contributed by atoms with van der Waals surface area (Å²) in [7, 11) is -4.68. The van der Waals surface area contributed by atoms with Crippen LogP contribution >= 0.6 is 0 Å². The van der Waals surface area contributed by atoms with Crippen LogP contribution in [0, 0.1) is 34.9 Å². The van der Waals surface area contributed by atoms with Crippen LogP contribution in [0.2, 0.25) is 0 Å². The third-order valence-corrected chi connectivity index (χ3v) is 12.8. The average Bonchev–Trinajstić information content (AvgIpc) is 3.84. The molecule has 2 N–H and O–H groups in total. The number of hydrogen-bond donors (Lipinski definition) is 2. The molecule has 6 rings (SSSR count). The lowest BCUT2D eigenvalue weighted by Gasteiger charge is -2.19. The molecule has 0 aliphatic rings. The van der Waals surface area contributed by atoms with Crippen LogP contribution in [0.3, 0.4) is 0 Å². The molecule has 0 amide bonds. The molecule has 338 valence electrons. The first-order chi connectivity index (χ1) is 30.3. The van der Waals surface area contributed by atoms with Gasteiger partial charge in [0.2, 0.25) is 0 Å². The number of esters is 2. The van der Waals surface area contributed by atoms with Gasteiger partial charge in [0.05, 0.1) is 48.0 Å². The molecule has 22 heteroatoms. The number of nitrogens with one attached hydrogen (secondary N) is 2. The standard InChI is InChI=1S/C42H36F6N4O10S2/c1-49-41(31-21-51(63(55,56)27-9-5-7-23(43)17-27)37(39(31)59-3)29-13-11-25(45)19-33(29)47)61-35(53)15-16-36(54)62-42(50-2)32-22-52(64(57,58)28-10-6-8-24(44)18-28)38(40(32)60-4)30-14-12-26(46)20-34(30)48/h5-14,17-22,41-42,49-50H,15-16H2,1-4H3. The van der Waals surface area contributed by atoms with Crippen LogP contribution in [0.4, 0.5) is 26.3 Å². The summed E-state index contributed by atoms with van der Waals surface area (Å²) in [4.78, 5) is 25.4. The van der Waals surface area contributed by atoms with Gasteiger partial charge in [-0.3, -0.25) is 20.2 Å². The Morgan fingerprint density at radius 2 is 0.922 bits per heavy atom. The zero-order valence-electron chi connectivity index (χ0n) is 33.9. The number of ether oxygens (including phenoxy) is 4. The molecule has 2 unspecified atom stereocenters. The third kappa shape index (κ3) is 9.35. The SMILES string of the molecule is CNC(OC(=O)CCC(=O)OC(NC)c1cn(S(=O)(=O)c2cccc(F)c2)c(-c2ccc(F)cc2F)c1OC)c1cn(S(=O)(=O)c2cccc(F)c2)c(-c2ccc(F)cc2F)c1OC. The van der Waals surface area contributed by atoms with E-state index in [1.165, 1.54) is 14.1 Å². The number of benzene rings is 4. The molecule has 0 bridgehead atoms. The van der Waals surface area contributed by atoms with Gasteiger partial charge in [-0.2, -0.15) is 0 Å². The number of aromatic nitrogens is 2. The van der Waals surface area contributed by atoms with E-state index in [1.54, 1.807) is 0 Å². The van der Waals surface area contributed by atoms with Gasteiger partial charge in [-0.05, 0) is 74.8 Å². The highest BCUT2D eigenvalue weighted by atomic mass is 32.2. The van der Waals surface area contributed by atoms with E-state index >= 15 is 8.78 Å². The minimum Gasteiger partial charge on any atom is -0.494 e. The third-order valence-electron chi connectivity index (χ3n) is 9.52. The van der Waals surface area contributed by atoms with Gasteiger partial charge in [0.15, 0.2) is 24.0 Å². The van der Waals surface area contributed by atoms with Crippen molar-refractivity contribution in [2.24, 2.45) is 0 Å². The molecule has 6 aromatic rings. The maximum Gasteiger partial charge on any atom is 0.308 e. The fourth-order valence-corrected chi connectivity index (χ4v) is 9.45. The summed E-state index contributed by atoms with van der Waals surface area (Å²) in [6.45, 7) is 0. The van der Waals surface area contributed by atoms with E-state index in [-0.39, 0.29) is 22.6 Å². The normalized spacial score (nSPS) is 12.7. The first-order valence-electron chi connectivity index (χ1n) is 18.6. The summed E-state index contributed by atoms with van der Waals surface area (Å²) in [5.74, 6) is -9.03. The monoisotopic (exact) mass is 934 g/mol. The maximum atomic E-state index is 15.3. The van der Waals surface area contributed by atoms with Crippen molar-refractivity contribution in [1.29, 1.82) is 0 Å². The van der Waals surface area contributed by atoms with Crippen LogP contribution in [0.5, 0.6) is 11.5 Å². The smallest absolute Gasteiger partial charge is 0.308 e. The largest absolute Gasteiger partial charge is 0.494 e. The summed E-state index contributed by atoms with van der Waals surface area (Å²) in [5, 5.41) is 5.31. The van der Waals surface area contributed by atoms with E-state index in [9.17, 15) is 44.0 Å². The second-order valence-electron chi connectivity index (χ2n) is 13.5. The number of nitrogens with zero attached hydrogens (tertiary/aromatic N) is 2. The fourth-order valence-electron chi connectivity index (χ4n) is 6.62. The maximum absolute atomic E-state index is 15.3. The minimum absolute atomic E-state index is 0.201. The lowest BCUT2D eigenvalue weighted by atomic mass is 10.1. The molecule has 0 saturated heterocycles. The summed E-state index contributed by atoms with van der Waals surface area (Å²) in [5.41, 5.74) is -2.27. The zero-order chi connectivity index (χ0) is 46.7. The van der Waals surface area contributed by atoms with Crippen molar-refractivity contribution >= 4 is 32.0 Å². The van der Waals surface area contributed by atoms with Crippen LogP contribution in [0.25, 0.3) is 22.5 Å². The molecule has 0 aliphatic carbocycles. The number of carbonyl (C=O) groups excluding carboxylic acids is 2. The first-order valence-corrected chi connectivity index (χ1v) is 21.5. The number of halogens is 6. The van der Waals surface area contributed by atoms with Crippen molar-refractivity contribution in [3.05, 3.63) is 143 Å². The fraction of sp³-hybridized carbons (Fsp3) is 0.190. The Morgan fingerprint density at radius 1 is 0.562 bits per heavy atom. The quantitative estimate of drug-likeness (QED) is 0.0549. The summed E-state index contributed by atoms with van der Waals surface area (Å²) >= 11 is 0. The van der Waals surface area contributed by atoms with Crippen molar-refractivity contribution in [2.45, 2.75) is 35.1 Å². The van der Waals surface area contributed by atoms with Gasteiger partial charge in [0.25, 0.3) is 20.0 Å². The lowest BCUT2D eigenvalue weighted by molar-refractivity contribution is -0.158. The molecule has 2 aromatic heterocycles. The number of rotatable bonds is 17. The highest BCUT2D eigenvalue weighted by Gasteiger charge is 2.35. The number of methoxy groups -OCH3 is 2. The minimum atomic E-state index is -4.75. The molecule has 14 nitrogen and oxygen atoms in total. The Hall–Kier alpha value is -6.62. The van der Waals surface area contributed by atoms with E-state index in [0.717, 1.165) is 87.3 Å². The molecule has 0 fully saturated rings. The Labute approximate surface area is 362 Å². The van der Waals surface area contributed by atoms with E-state index in [4.69, 9.17) is 18.9 Å². The summed E-state index contributed by atoms with van der Waals surface area (Å²) in [6, 6.07) is 12.4. The molecule has 0 spiro atoms. The predicted octanol–water partition coefficient (Wildman–Crippen LogP) is 6.95. The Morgan fingerprint density at radius 3 is 1.23 bits per heavy atom. The van der Waals surface area contributed by atoms with Crippen LogP contribution < -0.4 is 20.1 Å². The van der Waals surface area contributed by atoms with Crippen LogP contribution in [-0.2, 0) is 39.1 Å². The van der Waals surface area contributed by atoms with Gasteiger partial charge in [-0.15, -0.1) is 0 Å². The van der Waals surface area contributed by atoms with Crippen molar-refractivity contribution in [3.8, 4) is 34.0 Å². The topological polar surface area (TPSA) is 173 Å². The van der Waals surface area contributed by atoms with Gasteiger partial charge in [0, 0.05) is 35.7 Å². The number of carbonyl (C=O) groups is 2. The highest BCUT2D eigenvalue weighted by Crippen LogP contribution is 2.43. The first kappa shape index (κ1) is 46.9. The lowest BCUT2D eigenvalue weighted by Crippen LogP contribution is -2.25. The van der Waals surface area contributed by atoms with Gasteiger partial charge in [-0.25, -0.2) is 51.1 Å². The van der Waals surface area contributed by atoms with E-state index in [0.29, 0.717) is 32.2 Å². The second kappa shape index (κ2) is 19.0. The van der Waals surface area contributed by atoms with E-state index in [2.05, 4.69) is 10.6 Å². The summed E-state index contributed by atoms with van der Waals surface area (Å²) in [6.07, 6.45) is -2.62. The summed E-state index contributed by atoms with van der Waals surface area (Å²) < 4.78 is 166. The van der Waals surface area contributed by atoms with E-state index in [1.807, 2.05) is 0 Å². The van der Waals surface area contributed by atoms with Crippen molar-refractivity contribution in [3.63, 3.8) is 0 Å². The molecule has 4 aromatic carbocycles. The zero-order valence-corrected chi connectivity index (χ0v) is 35.5. The molecule has 2 atom stereocenters. The van der Waals surface area contributed by atoms with E-state index < -0.39 is 124 Å². The second-order valence-corrected chi connectivity index (χ2v) is 17.1. The molecule has 0 radical (unpaired) electrons. The molecule has 0 saturated carbocycles. The van der Waals surface area contributed by atoms with Gasteiger partial charge in [-0.1, -0.05) is 12.1 Å². The molecular formula is C42H36F6N4O10S2. The Balaban J connectivity index is 1.28. The van der Waals surface area contributed by atoms with Crippen LogP contribution in [-0.4, -0.2) is 65.0 Å². The van der Waals surface area contributed by atoms with Crippen LogP contribution in [0.1, 0.15) is 36.4 Å². The molecular weight excluding hydrogens is 899 g/mol. The Kier molecular flexibility index (Phi) is 13.9. The molecule has 64 heavy (non-hydrogen) atoms. The highest BCUT2D eigenvalue weighted by molar-refractivity contribution is 7.90. The van der Waals surface area contributed by atoms with Crippen molar-refractivity contribution < 1.29 is 71.7 Å². The average molecular weight is 935 g/mol. The van der Waals surface area contributed by atoms with Crippen molar-refractivity contribution in [2.75, 3.05) is 28.3 Å².